The van der Waals surface area contributed by atoms with Crippen molar-refractivity contribution < 1.29 is 23.7 Å². The van der Waals surface area contributed by atoms with Crippen LogP contribution in [-0.2, 0) is 4.79 Å². The summed E-state index contributed by atoms with van der Waals surface area (Å²) in [5, 5.41) is 2.96. The summed E-state index contributed by atoms with van der Waals surface area (Å²) in [6.45, 7) is 2.34. The van der Waals surface area contributed by atoms with E-state index >= 15 is 0 Å². The Labute approximate surface area is 170 Å². The van der Waals surface area contributed by atoms with E-state index in [4.69, 9.17) is 18.9 Å². The highest BCUT2D eigenvalue weighted by Gasteiger charge is 2.29. The lowest BCUT2D eigenvalue weighted by molar-refractivity contribution is -0.117. The molecule has 2 aliphatic rings. The molecule has 0 aromatic heterocycles. The number of rotatable bonds is 6. The standard InChI is InChI=1S/C22H26N2O5/c1-26-16-6-7-17(20(13-16)27-2)23-22(25)14-24-9-3-4-18(24)15-5-8-19-21(12-15)29-11-10-28-19/h5-8,12-13,18H,3-4,9-11,14H2,1-2H3,(H,23,25)/t18-/m0/s1. The number of carbonyl (C=O) groups excluding carboxylic acids is 1. The van der Waals surface area contributed by atoms with Gasteiger partial charge in [0.05, 0.1) is 26.5 Å². The van der Waals surface area contributed by atoms with Gasteiger partial charge in [-0.15, -0.1) is 0 Å². The Bertz CT molecular complexity index is 886. The van der Waals surface area contributed by atoms with Gasteiger partial charge in [0.2, 0.25) is 5.91 Å². The molecule has 7 nitrogen and oxygen atoms in total. The van der Waals surface area contributed by atoms with Gasteiger partial charge in [-0.2, -0.15) is 0 Å². The molecular weight excluding hydrogens is 372 g/mol. The van der Waals surface area contributed by atoms with Gasteiger partial charge in [-0.3, -0.25) is 9.69 Å². The monoisotopic (exact) mass is 398 g/mol. The maximum atomic E-state index is 12.7. The van der Waals surface area contributed by atoms with Crippen molar-refractivity contribution in [2.75, 3.05) is 45.8 Å². The lowest BCUT2D eigenvalue weighted by Gasteiger charge is -2.26. The normalized spacial score (nSPS) is 18.3. The van der Waals surface area contributed by atoms with E-state index in [0.717, 1.165) is 36.4 Å². The number of anilines is 1. The summed E-state index contributed by atoms with van der Waals surface area (Å²) in [5.41, 5.74) is 1.79. The third kappa shape index (κ3) is 4.24. The lowest BCUT2D eigenvalue weighted by atomic mass is 10.0. The average Bonchev–Trinajstić information content (AvgIpc) is 3.21. The summed E-state index contributed by atoms with van der Waals surface area (Å²) >= 11 is 0. The molecule has 4 rings (SSSR count). The third-order valence-corrected chi connectivity index (χ3v) is 5.34. The number of fused-ring (bicyclic) bond motifs is 1. The highest BCUT2D eigenvalue weighted by atomic mass is 16.6. The van der Waals surface area contributed by atoms with Crippen LogP contribution in [-0.4, -0.2) is 51.3 Å². The van der Waals surface area contributed by atoms with Crippen molar-refractivity contribution in [3.63, 3.8) is 0 Å². The minimum Gasteiger partial charge on any atom is -0.497 e. The summed E-state index contributed by atoms with van der Waals surface area (Å²) in [4.78, 5) is 14.9. The maximum absolute atomic E-state index is 12.7. The predicted octanol–water partition coefficient (Wildman–Crippen LogP) is 3.25. The van der Waals surface area contributed by atoms with Gasteiger partial charge in [0.15, 0.2) is 11.5 Å². The summed E-state index contributed by atoms with van der Waals surface area (Å²) in [7, 11) is 3.17. The number of amides is 1. The molecule has 2 aromatic carbocycles. The summed E-state index contributed by atoms with van der Waals surface area (Å²) in [5.74, 6) is 2.75. The number of hydrogen-bond acceptors (Lipinski definition) is 6. The smallest absolute Gasteiger partial charge is 0.238 e. The van der Waals surface area contributed by atoms with E-state index in [-0.39, 0.29) is 11.9 Å². The first-order chi connectivity index (χ1) is 14.2. The van der Waals surface area contributed by atoms with E-state index in [9.17, 15) is 4.79 Å². The van der Waals surface area contributed by atoms with Gasteiger partial charge in [-0.1, -0.05) is 6.07 Å². The number of likely N-dealkylation sites (tertiary alicyclic amines) is 1. The van der Waals surface area contributed by atoms with Crippen molar-refractivity contribution in [1.82, 2.24) is 4.90 Å². The fraction of sp³-hybridized carbons (Fsp3) is 0.409. The minimum absolute atomic E-state index is 0.0714. The van der Waals surface area contributed by atoms with Gasteiger partial charge >= 0.3 is 0 Å². The molecule has 1 saturated heterocycles. The largest absolute Gasteiger partial charge is 0.497 e. The molecule has 154 valence electrons. The van der Waals surface area contributed by atoms with Gasteiger partial charge < -0.3 is 24.3 Å². The topological polar surface area (TPSA) is 69.3 Å². The summed E-state index contributed by atoms with van der Waals surface area (Å²) < 4.78 is 21.9. The van der Waals surface area contributed by atoms with Crippen LogP contribution in [0.25, 0.3) is 0 Å². The molecule has 1 amide bonds. The third-order valence-electron chi connectivity index (χ3n) is 5.34. The fourth-order valence-corrected chi connectivity index (χ4v) is 3.94. The van der Waals surface area contributed by atoms with Crippen molar-refractivity contribution in [2.24, 2.45) is 0 Å². The zero-order valence-electron chi connectivity index (χ0n) is 16.8. The van der Waals surface area contributed by atoms with Gasteiger partial charge in [-0.05, 0) is 49.2 Å². The van der Waals surface area contributed by atoms with Crippen LogP contribution >= 0.6 is 0 Å². The van der Waals surface area contributed by atoms with Gasteiger partial charge in [-0.25, -0.2) is 0 Å². The first-order valence-corrected chi connectivity index (χ1v) is 9.83. The van der Waals surface area contributed by atoms with Crippen LogP contribution in [0.4, 0.5) is 5.69 Å². The molecule has 2 aromatic rings. The molecule has 7 heteroatoms. The number of nitrogens with zero attached hydrogens (tertiary/aromatic N) is 1. The van der Waals surface area contributed by atoms with E-state index in [1.54, 1.807) is 32.4 Å². The second-order valence-electron chi connectivity index (χ2n) is 7.15. The molecule has 1 fully saturated rings. The predicted molar refractivity (Wildman–Crippen MR) is 109 cm³/mol. The Morgan fingerprint density at radius 1 is 1.10 bits per heavy atom. The first kappa shape index (κ1) is 19.4. The molecule has 2 heterocycles. The molecule has 29 heavy (non-hydrogen) atoms. The molecular formula is C22H26N2O5. The summed E-state index contributed by atoms with van der Waals surface area (Å²) in [6, 6.07) is 11.6. The number of methoxy groups -OCH3 is 2. The van der Waals surface area contributed by atoms with E-state index < -0.39 is 0 Å². The molecule has 0 unspecified atom stereocenters. The van der Waals surface area contributed by atoms with E-state index in [1.165, 1.54) is 0 Å². The van der Waals surface area contributed by atoms with Crippen LogP contribution in [0.15, 0.2) is 36.4 Å². The van der Waals surface area contributed by atoms with Gasteiger partial charge in [0.25, 0.3) is 0 Å². The van der Waals surface area contributed by atoms with Crippen molar-refractivity contribution in [3.8, 4) is 23.0 Å². The first-order valence-electron chi connectivity index (χ1n) is 9.83. The molecule has 0 saturated carbocycles. The van der Waals surface area contributed by atoms with Crippen LogP contribution in [0.3, 0.4) is 0 Å². The Hall–Kier alpha value is -2.93. The van der Waals surface area contributed by atoms with Crippen LogP contribution in [0.2, 0.25) is 0 Å². The molecule has 0 aliphatic carbocycles. The van der Waals surface area contributed by atoms with Gasteiger partial charge in [0.1, 0.15) is 24.7 Å². The van der Waals surface area contributed by atoms with Gasteiger partial charge in [0, 0.05) is 12.1 Å². The van der Waals surface area contributed by atoms with Crippen LogP contribution in [0.5, 0.6) is 23.0 Å². The zero-order valence-corrected chi connectivity index (χ0v) is 16.8. The van der Waals surface area contributed by atoms with Crippen LogP contribution < -0.4 is 24.3 Å². The van der Waals surface area contributed by atoms with Crippen molar-refractivity contribution in [2.45, 2.75) is 18.9 Å². The quantitative estimate of drug-likeness (QED) is 0.806. The maximum Gasteiger partial charge on any atom is 0.238 e. The van der Waals surface area contributed by atoms with Crippen LogP contribution in [0.1, 0.15) is 24.4 Å². The zero-order chi connectivity index (χ0) is 20.2. The van der Waals surface area contributed by atoms with E-state index in [1.807, 2.05) is 12.1 Å². The number of benzene rings is 2. The van der Waals surface area contributed by atoms with Crippen molar-refractivity contribution in [1.29, 1.82) is 0 Å². The molecule has 0 radical (unpaired) electrons. The number of carbonyl (C=O) groups is 1. The number of nitrogens with one attached hydrogen (secondary N) is 1. The number of hydrogen-bond donors (Lipinski definition) is 1. The Morgan fingerprint density at radius 2 is 1.93 bits per heavy atom. The molecule has 0 bridgehead atoms. The SMILES string of the molecule is COc1ccc(NC(=O)CN2CCC[C@H]2c2ccc3c(c2)OCCO3)c(OC)c1. The fourth-order valence-electron chi connectivity index (χ4n) is 3.94. The van der Waals surface area contributed by atoms with Crippen molar-refractivity contribution in [3.05, 3.63) is 42.0 Å². The molecule has 1 N–H and O–H groups in total. The lowest BCUT2D eigenvalue weighted by Crippen LogP contribution is -2.33. The van der Waals surface area contributed by atoms with Crippen molar-refractivity contribution >= 4 is 11.6 Å². The molecule has 0 spiro atoms. The highest BCUT2D eigenvalue weighted by Crippen LogP contribution is 2.38. The highest BCUT2D eigenvalue weighted by molar-refractivity contribution is 5.93. The Balaban J connectivity index is 1.44. The second kappa shape index (κ2) is 8.61. The molecule has 1 atom stereocenters. The Morgan fingerprint density at radius 3 is 2.72 bits per heavy atom. The summed E-state index contributed by atoms with van der Waals surface area (Å²) in [6.07, 6.45) is 2.07. The number of ether oxygens (including phenoxy) is 4. The second-order valence-corrected chi connectivity index (χ2v) is 7.15. The minimum atomic E-state index is -0.0714. The van der Waals surface area contributed by atoms with E-state index in [2.05, 4.69) is 16.3 Å². The Kier molecular flexibility index (Phi) is 5.76. The van der Waals surface area contributed by atoms with E-state index in [0.29, 0.717) is 36.9 Å². The van der Waals surface area contributed by atoms with Crippen LogP contribution in [0, 0.1) is 0 Å². The molecule has 2 aliphatic heterocycles. The average molecular weight is 398 g/mol.